The number of hydrogen-bond donors (Lipinski definition) is 1. The van der Waals surface area contributed by atoms with Crippen LogP contribution < -0.4 is 10.3 Å². The fraction of sp³-hybridized carbons (Fsp3) is 0.360. The van der Waals surface area contributed by atoms with Crippen LogP contribution in [0.3, 0.4) is 0 Å². The van der Waals surface area contributed by atoms with E-state index in [1.165, 1.54) is 24.8 Å². The fourth-order valence-corrected chi connectivity index (χ4v) is 3.83. The van der Waals surface area contributed by atoms with Crippen LogP contribution in [0.1, 0.15) is 48.5 Å². The molecule has 1 aromatic carbocycles. The number of nitrogens with zero attached hydrogens (tertiary/aromatic N) is 5. The Bertz CT molecular complexity index is 996. The Labute approximate surface area is 184 Å². The number of hydrogen-bond acceptors (Lipinski definition) is 6. The van der Waals surface area contributed by atoms with Gasteiger partial charge in [-0.15, -0.1) is 0 Å². The molecule has 0 radical (unpaired) electrons. The molecule has 1 N–H and O–H groups in total. The lowest BCUT2D eigenvalue weighted by Gasteiger charge is -2.28. The third kappa shape index (κ3) is 6.35. The predicted molar refractivity (Wildman–Crippen MR) is 127 cm³/mol. The Morgan fingerprint density at radius 3 is 2.71 bits per heavy atom. The number of nitrogens with one attached hydrogen (secondary N) is 1. The highest BCUT2D eigenvalue weighted by molar-refractivity contribution is 5.79. The molecule has 0 spiro atoms. The van der Waals surface area contributed by atoms with E-state index in [0.717, 1.165) is 61.1 Å². The average Bonchev–Trinajstić information content (AvgIpc) is 2.80. The predicted octanol–water partition coefficient (Wildman–Crippen LogP) is 4.79. The first-order valence-corrected chi connectivity index (χ1v) is 11.1. The molecule has 1 aliphatic rings. The van der Waals surface area contributed by atoms with Gasteiger partial charge in [0.15, 0.2) is 0 Å². The molecule has 3 heterocycles. The lowest BCUT2D eigenvalue weighted by Crippen LogP contribution is -2.30. The second-order valence-corrected chi connectivity index (χ2v) is 8.03. The summed E-state index contributed by atoms with van der Waals surface area (Å²) >= 11 is 0. The van der Waals surface area contributed by atoms with E-state index in [1.807, 2.05) is 30.5 Å². The number of aryl methyl sites for hydroxylation is 3. The molecule has 1 fully saturated rings. The van der Waals surface area contributed by atoms with Crippen LogP contribution in [0.2, 0.25) is 0 Å². The number of hydrazone groups is 1. The topological polar surface area (TPSA) is 66.3 Å². The second-order valence-electron chi connectivity index (χ2n) is 8.03. The normalized spacial score (nSPS) is 14.2. The van der Waals surface area contributed by atoms with Crippen molar-refractivity contribution in [1.82, 2.24) is 15.0 Å². The van der Waals surface area contributed by atoms with Crippen molar-refractivity contribution in [2.24, 2.45) is 5.10 Å². The van der Waals surface area contributed by atoms with E-state index >= 15 is 0 Å². The monoisotopic (exact) mass is 414 g/mol. The van der Waals surface area contributed by atoms with Gasteiger partial charge >= 0.3 is 0 Å². The van der Waals surface area contributed by atoms with E-state index in [4.69, 9.17) is 9.97 Å². The first-order valence-electron chi connectivity index (χ1n) is 11.1. The molecule has 0 saturated carbocycles. The van der Waals surface area contributed by atoms with E-state index in [0.29, 0.717) is 0 Å². The highest BCUT2D eigenvalue weighted by Crippen LogP contribution is 2.19. The average molecular weight is 415 g/mol. The first-order chi connectivity index (χ1) is 15.3. The Balaban J connectivity index is 1.47. The van der Waals surface area contributed by atoms with Crippen LogP contribution in [0.15, 0.2) is 59.8 Å². The van der Waals surface area contributed by atoms with E-state index < -0.39 is 0 Å². The molecule has 1 saturated heterocycles. The molecule has 31 heavy (non-hydrogen) atoms. The Hall–Kier alpha value is -3.28. The van der Waals surface area contributed by atoms with Crippen LogP contribution in [0.25, 0.3) is 0 Å². The van der Waals surface area contributed by atoms with Gasteiger partial charge in [0.05, 0.1) is 17.6 Å². The molecular weight excluding hydrogens is 384 g/mol. The smallest absolute Gasteiger partial charge is 0.132 e. The van der Waals surface area contributed by atoms with E-state index in [-0.39, 0.29) is 0 Å². The summed E-state index contributed by atoms with van der Waals surface area (Å²) < 4.78 is 0. The van der Waals surface area contributed by atoms with Crippen molar-refractivity contribution in [3.8, 4) is 0 Å². The summed E-state index contributed by atoms with van der Waals surface area (Å²) in [6.45, 7) is 4.19. The summed E-state index contributed by atoms with van der Waals surface area (Å²) in [4.78, 5) is 16.4. The second kappa shape index (κ2) is 10.7. The standard InChI is InChI=1S/C25H30N6/c1-20-9-7-12-22(17-20)30-27-19-23-18-25(31-15-5-2-6-16-31)29-24(28-23)13-8-11-21-10-3-4-14-26-21/h3-4,7,9-10,12,14,17-19,30H,2,5-6,8,11,13,15-16H2,1H3/b27-19+. The number of piperidine rings is 1. The summed E-state index contributed by atoms with van der Waals surface area (Å²) in [6, 6.07) is 16.3. The number of pyridine rings is 1. The molecule has 0 aliphatic carbocycles. The van der Waals surface area contributed by atoms with Crippen LogP contribution in [0, 0.1) is 6.92 Å². The highest BCUT2D eigenvalue weighted by Gasteiger charge is 2.14. The Morgan fingerprint density at radius 1 is 1.00 bits per heavy atom. The SMILES string of the molecule is Cc1cccc(N/N=C/c2cc(N3CCCCC3)nc(CCCc3ccccn3)n2)c1. The maximum atomic E-state index is 4.88. The van der Waals surface area contributed by atoms with Gasteiger partial charge < -0.3 is 4.90 Å². The van der Waals surface area contributed by atoms with Crippen molar-refractivity contribution in [3.05, 3.63) is 77.5 Å². The molecule has 6 heteroatoms. The number of rotatable bonds is 8. The molecule has 6 nitrogen and oxygen atoms in total. The van der Waals surface area contributed by atoms with Crippen molar-refractivity contribution in [2.45, 2.75) is 45.4 Å². The van der Waals surface area contributed by atoms with Crippen LogP contribution in [0.4, 0.5) is 11.5 Å². The fourth-order valence-electron chi connectivity index (χ4n) is 3.83. The summed E-state index contributed by atoms with van der Waals surface area (Å²) in [6.07, 6.45) is 10.1. The molecule has 0 atom stereocenters. The zero-order valence-electron chi connectivity index (χ0n) is 18.2. The molecule has 1 aliphatic heterocycles. The van der Waals surface area contributed by atoms with Gasteiger partial charge in [0.2, 0.25) is 0 Å². The van der Waals surface area contributed by atoms with Crippen molar-refractivity contribution in [2.75, 3.05) is 23.4 Å². The summed E-state index contributed by atoms with van der Waals surface area (Å²) in [7, 11) is 0. The van der Waals surface area contributed by atoms with Crippen molar-refractivity contribution < 1.29 is 0 Å². The molecule has 2 aromatic heterocycles. The zero-order valence-corrected chi connectivity index (χ0v) is 18.2. The van der Waals surface area contributed by atoms with Crippen LogP contribution in [-0.2, 0) is 12.8 Å². The minimum Gasteiger partial charge on any atom is -0.356 e. The zero-order chi connectivity index (χ0) is 21.3. The van der Waals surface area contributed by atoms with Crippen LogP contribution >= 0.6 is 0 Å². The maximum Gasteiger partial charge on any atom is 0.132 e. The molecule has 4 rings (SSSR count). The summed E-state index contributed by atoms with van der Waals surface area (Å²) in [5.74, 6) is 1.88. The van der Waals surface area contributed by atoms with Crippen LogP contribution in [0.5, 0.6) is 0 Å². The largest absolute Gasteiger partial charge is 0.356 e. The quantitative estimate of drug-likeness (QED) is 0.424. The van der Waals surface area contributed by atoms with Crippen molar-refractivity contribution in [1.29, 1.82) is 0 Å². The number of aromatic nitrogens is 3. The van der Waals surface area contributed by atoms with E-state index in [2.05, 4.69) is 51.6 Å². The third-order valence-corrected chi connectivity index (χ3v) is 5.43. The molecule has 0 unspecified atom stereocenters. The van der Waals surface area contributed by atoms with Gasteiger partial charge in [-0.1, -0.05) is 18.2 Å². The molecule has 0 amide bonds. The number of anilines is 2. The minimum atomic E-state index is 0.824. The van der Waals surface area contributed by atoms with Gasteiger partial charge in [0.1, 0.15) is 11.6 Å². The van der Waals surface area contributed by atoms with Crippen molar-refractivity contribution in [3.63, 3.8) is 0 Å². The van der Waals surface area contributed by atoms with Gasteiger partial charge in [0.25, 0.3) is 0 Å². The maximum absolute atomic E-state index is 4.88. The molecule has 3 aromatic rings. The lowest BCUT2D eigenvalue weighted by atomic mass is 10.1. The van der Waals surface area contributed by atoms with Gasteiger partial charge in [-0.2, -0.15) is 5.10 Å². The first kappa shape index (κ1) is 21.0. The minimum absolute atomic E-state index is 0.824. The Morgan fingerprint density at radius 2 is 1.90 bits per heavy atom. The third-order valence-electron chi connectivity index (χ3n) is 5.43. The van der Waals surface area contributed by atoms with Crippen molar-refractivity contribution >= 4 is 17.7 Å². The van der Waals surface area contributed by atoms with Crippen LogP contribution in [-0.4, -0.2) is 34.3 Å². The summed E-state index contributed by atoms with van der Waals surface area (Å²) in [5, 5.41) is 4.41. The molecular formula is C25H30N6. The summed E-state index contributed by atoms with van der Waals surface area (Å²) in [5.41, 5.74) is 7.22. The van der Waals surface area contributed by atoms with Gasteiger partial charge in [-0.25, -0.2) is 9.97 Å². The highest BCUT2D eigenvalue weighted by atomic mass is 15.3. The van der Waals surface area contributed by atoms with Gasteiger partial charge in [-0.3, -0.25) is 10.4 Å². The van der Waals surface area contributed by atoms with E-state index in [1.54, 1.807) is 6.21 Å². The Kier molecular flexibility index (Phi) is 7.21. The number of benzene rings is 1. The molecule has 0 bridgehead atoms. The molecule has 160 valence electrons. The van der Waals surface area contributed by atoms with Gasteiger partial charge in [-0.05, 0) is 68.9 Å². The van der Waals surface area contributed by atoms with E-state index in [9.17, 15) is 0 Å². The van der Waals surface area contributed by atoms with Gasteiger partial charge in [0, 0.05) is 37.5 Å². The lowest BCUT2D eigenvalue weighted by molar-refractivity contribution is 0.571.